The van der Waals surface area contributed by atoms with Crippen LogP contribution in [0.15, 0.2) is 42.5 Å². The van der Waals surface area contributed by atoms with Gasteiger partial charge < -0.3 is 20.3 Å². The highest BCUT2D eigenvalue weighted by molar-refractivity contribution is 5.99. The second-order valence-electron chi connectivity index (χ2n) is 11.3. The number of nitrogens with zero attached hydrogens (tertiary/aromatic N) is 1. The Bertz CT molecular complexity index is 1120. The highest BCUT2D eigenvalue weighted by atomic mass is 16.6. The number of amides is 3. The summed E-state index contributed by atoms with van der Waals surface area (Å²) in [5, 5.41) is 5.84. The summed E-state index contributed by atoms with van der Waals surface area (Å²) in [5.74, 6) is -0.833. The van der Waals surface area contributed by atoms with Crippen molar-refractivity contribution in [1.82, 2.24) is 10.2 Å². The van der Waals surface area contributed by atoms with Gasteiger partial charge in [0.25, 0.3) is 5.91 Å². The molecular formula is C31H45N3O4. The van der Waals surface area contributed by atoms with E-state index in [9.17, 15) is 14.4 Å². The number of benzene rings is 2. The van der Waals surface area contributed by atoms with Gasteiger partial charge in [0.2, 0.25) is 5.91 Å². The molecule has 0 spiro atoms. The summed E-state index contributed by atoms with van der Waals surface area (Å²) < 4.78 is 5.45. The summed E-state index contributed by atoms with van der Waals surface area (Å²) in [5.41, 5.74) is 3.60. The predicted octanol–water partition coefficient (Wildman–Crippen LogP) is 6.47. The fourth-order valence-electron chi connectivity index (χ4n) is 4.24. The molecule has 208 valence electrons. The van der Waals surface area contributed by atoms with Crippen LogP contribution in [-0.2, 0) is 14.3 Å². The fraction of sp³-hybridized carbons (Fsp3) is 0.516. The third-order valence-corrected chi connectivity index (χ3v) is 6.33. The number of ether oxygens (including phenoxy) is 1. The zero-order valence-corrected chi connectivity index (χ0v) is 24.5. The third-order valence-electron chi connectivity index (χ3n) is 6.33. The van der Waals surface area contributed by atoms with E-state index in [0.717, 1.165) is 28.7 Å². The molecule has 0 radical (unpaired) electrons. The molecule has 2 rings (SSSR count). The minimum absolute atomic E-state index is 0.224. The molecule has 0 aliphatic rings. The van der Waals surface area contributed by atoms with E-state index in [4.69, 9.17) is 4.74 Å². The maximum Gasteiger partial charge on any atom is 0.408 e. The van der Waals surface area contributed by atoms with Crippen LogP contribution in [0.2, 0.25) is 0 Å². The fourth-order valence-corrected chi connectivity index (χ4v) is 4.24. The maximum absolute atomic E-state index is 14.2. The van der Waals surface area contributed by atoms with Crippen LogP contribution >= 0.6 is 0 Å². The molecule has 0 aliphatic carbocycles. The number of rotatable bonds is 10. The second kappa shape index (κ2) is 13.4. The van der Waals surface area contributed by atoms with Crippen LogP contribution in [0.1, 0.15) is 82.7 Å². The summed E-state index contributed by atoms with van der Waals surface area (Å²) in [6.45, 7) is 17.3. The van der Waals surface area contributed by atoms with Gasteiger partial charge in [-0.3, -0.25) is 9.59 Å². The summed E-state index contributed by atoms with van der Waals surface area (Å²) >= 11 is 0. The van der Waals surface area contributed by atoms with Crippen LogP contribution in [0.5, 0.6) is 0 Å². The first kappa shape index (κ1) is 30.9. The zero-order chi connectivity index (χ0) is 28.6. The average Bonchev–Trinajstić information content (AvgIpc) is 2.81. The van der Waals surface area contributed by atoms with Gasteiger partial charge in [-0.15, -0.1) is 0 Å². The second-order valence-corrected chi connectivity index (χ2v) is 11.3. The van der Waals surface area contributed by atoms with E-state index in [-0.39, 0.29) is 17.7 Å². The van der Waals surface area contributed by atoms with Crippen molar-refractivity contribution in [3.8, 4) is 0 Å². The number of aryl methyl sites for hydroxylation is 3. The van der Waals surface area contributed by atoms with Gasteiger partial charge in [-0.05, 0) is 76.6 Å². The lowest BCUT2D eigenvalue weighted by molar-refractivity contribution is -0.141. The smallest absolute Gasteiger partial charge is 0.408 e. The SMILES string of the molecule is CCCCN(C(=O)C(NC(=O)OC(C)(C)C)C(C)C)C(C(=O)Nc1ccccc1C)c1cc(C)ccc1C. The number of alkyl carbamates (subject to hydrolysis) is 1. The van der Waals surface area contributed by atoms with Gasteiger partial charge in [0, 0.05) is 12.2 Å². The Morgan fingerprint density at radius 2 is 1.63 bits per heavy atom. The van der Waals surface area contributed by atoms with E-state index in [2.05, 4.69) is 10.6 Å². The van der Waals surface area contributed by atoms with Gasteiger partial charge in [0.1, 0.15) is 17.7 Å². The molecule has 0 fully saturated rings. The minimum Gasteiger partial charge on any atom is -0.444 e. The van der Waals surface area contributed by atoms with Crippen molar-refractivity contribution in [2.45, 2.75) is 92.8 Å². The van der Waals surface area contributed by atoms with Crippen LogP contribution < -0.4 is 10.6 Å². The Morgan fingerprint density at radius 3 is 2.21 bits per heavy atom. The molecule has 7 heteroatoms. The molecule has 0 saturated carbocycles. The Morgan fingerprint density at radius 1 is 0.974 bits per heavy atom. The minimum atomic E-state index is -0.879. The summed E-state index contributed by atoms with van der Waals surface area (Å²) in [6, 6.07) is 11.8. The number of hydrogen-bond donors (Lipinski definition) is 2. The lowest BCUT2D eigenvalue weighted by Crippen LogP contribution is -2.54. The molecular weight excluding hydrogens is 478 g/mol. The molecule has 3 amide bonds. The highest BCUT2D eigenvalue weighted by Crippen LogP contribution is 2.29. The van der Waals surface area contributed by atoms with E-state index >= 15 is 0 Å². The van der Waals surface area contributed by atoms with Gasteiger partial charge in [0.15, 0.2) is 0 Å². The maximum atomic E-state index is 14.2. The largest absolute Gasteiger partial charge is 0.444 e. The van der Waals surface area contributed by atoms with E-state index < -0.39 is 23.8 Å². The quantitative estimate of drug-likeness (QED) is 0.374. The number of para-hydroxylation sites is 1. The van der Waals surface area contributed by atoms with Crippen LogP contribution in [0.25, 0.3) is 0 Å². The Kier molecular flexibility index (Phi) is 10.9. The molecule has 0 aliphatic heterocycles. The lowest BCUT2D eigenvalue weighted by Gasteiger charge is -2.36. The molecule has 2 aromatic rings. The average molecular weight is 524 g/mol. The molecule has 2 atom stereocenters. The Labute approximate surface area is 228 Å². The first-order valence-electron chi connectivity index (χ1n) is 13.5. The Balaban J connectivity index is 2.58. The van der Waals surface area contributed by atoms with Gasteiger partial charge in [-0.1, -0.05) is 69.2 Å². The van der Waals surface area contributed by atoms with Crippen molar-refractivity contribution in [3.63, 3.8) is 0 Å². The van der Waals surface area contributed by atoms with Gasteiger partial charge in [0.05, 0.1) is 0 Å². The molecule has 0 bridgehead atoms. The number of hydrogen-bond acceptors (Lipinski definition) is 4. The summed E-state index contributed by atoms with van der Waals surface area (Å²) in [7, 11) is 0. The van der Waals surface area contributed by atoms with Gasteiger partial charge in [-0.2, -0.15) is 0 Å². The van der Waals surface area contributed by atoms with E-state index in [1.807, 2.05) is 84.0 Å². The standard InChI is InChI=1S/C31H45N3O4/c1-10-11-18-34(29(36)26(20(2)3)33-30(37)38-31(7,8)9)27(24-19-21(4)16-17-22(24)5)28(35)32-25-15-13-12-14-23(25)6/h12-17,19-20,26-27H,10-11,18H2,1-9H3,(H,32,35)(H,33,37). The number of carbonyl (C=O) groups is 3. The lowest BCUT2D eigenvalue weighted by atomic mass is 9.94. The first-order valence-corrected chi connectivity index (χ1v) is 13.5. The topological polar surface area (TPSA) is 87.7 Å². The molecule has 0 heterocycles. The van der Waals surface area contributed by atoms with E-state index in [1.165, 1.54) is 0 Å². The highest BCUT2D eigenvalue weighted by Gasteiger charge is 2.38. The van der Waals surface area contributed by atoms with Crippen molar-refractivity contribution < 1.29 is 19.1 Å². The number of nitrogens with one attached hydrogen (secondary N) is 2. The van der Waals surface area contributed by atoms with Crippen molar-refractivity contribution in [2.75, 3.05) is 11.9 Å². The molecule has 7 nitrogen and oxygen atoms in total. The van der Waals surface area contributed by atoms with Crippen LogP contribution in [0.4, 0.5) is 10.5 Å². The zero-order valence-electron chi connectivity index (χ0n) is 24.5. The van der Waals surface area contributed by atoms with E-state index in [0.29, 0.717) is 18.7 Å². The molecule has 0 aromatic heterocycles. The number of unbranched alkanes of at least 4 members (excludes halogenated alkanes) is 1. The van der Waals surface area contributed by atoms with Crippen LogP contribution in [-0.4, -0.2) is 41.0 Å². The molecule has 0 saturated heterocycles. The van der Waals surface area contributed by atoms with Gasteiger partial charge in [-0.25, -0.2) is 4.79 Å². The summed E-state index contributed by atoms with van der Waals surface area (Å²) in [6.07, 6.45) is 0.893. The van der Waals surface area contributed by atoms with Gasteiger partial charge >= 0.3 is 6.09 Å². The normalized spacial score (nSPS) is 13.0. The predicted molar refractivity (Wildman–Crippen MR) is 153 cm³/mol. The number of carbonyl (C=O) groups excluding carboxylic acids is 3. The molecule has 38 heavy (non-hydrogen) atoms. The van der Waals surface area contributed by atoms with Crippen molar-refractivity contribution in [1.29, 1.82) is 0 Å². The first-order chi connectivity index (χ1) is 17.7. The van der Waals surface area contributed by atoms with Crippen molar-refractivity contribution in [3.05, 3.63) is 64.7 Å². The molecule has 2 aromatic carbocycles. The van der Waals surface area contributed by atoms with Crippen LogP contribution in [0, 0.1) is 26.7 Å². The van der Waals surface area contributed by atoms with Crippen molar-refractivity contribution in [2.24, 2.45) is 5.92 Å². The third kappa shape index (κ3) is 8.61. The monoisotopic (exact) mass is 523 g/mol. The Hall–Kier alpha value is -3.35. The van der Waals surface area contributed by atoms with Crippen LogP contribution in [0.3, 0.4) is 0 Å². The summed E-state index contributed by atoms with van der Waals surface area (Å²) in [4.78, 5) is 42.5. The van der Waals surface area contributed by atoms with Crippen molar-refractivity contribution >= 4 is 23.6 Å². The van der Waals surface area contributed by atoms with E-state index in [1.54, 1.807) is 25.7 Å². The molecule has 2 unspecified atom stereocenters. The number of anilines is 1. The molecule has 2 N–H and O–H groups in total.